The van der Waals surface area contributed by atoms with Gasteiger partial charge in [-0.3, -0.25) is 4.79 Å². The van der Waals surface area contributed by atoms with Gasteiger partial charge in [-0.25, -0.2) is 0 Å². The average molecular weight is 420 g/mol. The Morgan fingerprint density at radius 1 is 0.903 bits per heavy atom. The SMILES string of the molecule is O=C(CNc1cccc(C#Cc2ccccc2)c1)NCCc1ccc(OC(F)F)cc1. The van der Waals surface area contributed by atoms with Gasteiger partial charge < -0.3 is 15.4 Å². The third kappa shape index (κ3) is 7.82. The normalized spacial score (nSPS) is 10.2. The van der Waals surface area contributed by atoms with Crippen molar-refractivity contribution >= 4 is 11.6 Å². The van der Waals surface area contributed by atoms with Crippen LogP contribution in [0.2, 0.25) is 0 Å². The number of benzene rings is 3. The van der Waals surface area contributed by atoms with Gasteiger partial charge >= 0.3 is 6.61 Å². The lowest BCUT2D eigenvalue weighted by Gasteiger charge is -2.09. The van der Waals surface area contributed by atoms with E-state index in [0.29, 0.717) is 13.0 Å². The fraction of sp³-hybridized carbons (Fsp3) is 0.160. The Labute approximate surface area is 180 Å². The Morgan fingerprint density at radius 2 is 1.61 bits per heavy atom. The van der Waals surface area contributed by atoms with E-state index in [4.69, 9.17) is 0 Å². The van der Waals surface area contributed by atoms with Crippen molar-refractivity contribution in [2.24, 2.45) is 0 Å². The van der Waals surface area contributed by atoms with Crippen LogP contribution in [0.3, 0.4) is 0 Å². The lowest BCUT2D eigenvalue weighted by molar-refractivity contribution is -0.119. The maximum Gasteiger partial charge on any atom is 0.387 e. The number of alkyl halides is 2. The van der Waals surface area contributed by atoms with E-state index in [-0.39, 0.29) is 18.2 Å². The molecule has 3 aromatic carbocycles. The summed E-state index contributed by atoms with van der Waals surface area (Å²) in [7, 11) is 0. The molecular formula is C25H22F2N2O2. The van der Waals surface area contributed by atoms with Crippen molar-refractivity contribution in [3.05, 3.63) is 95.6 Å². The summed E-state index contributed by atoms with van der Waals surface area (Å²) in [6.07, 6.45) is 0.589. The van der Waals surface area contributed by atoms with Crippen LogP contribution >= 0.6 is 0 Å². The minimum Gasteiger partial charge on any atom is -0.435 e. The fourth-order valence-corrected chi connectivity index (χ4v) is 2.80. The van der Waals surface area contributed by atoms with Crippen LogP contribution in [-0.4, -0.2) is 25.6 Å². The maximum absolute atomic E-state index is 12.2. The summed E-state index contributed by atoms with van der Waals surface area (Å²) >= 11 is 0. The van der Waals surface area contributed by atoms with Gasteiger partial charge in [0.25, 0.3) is 0 Å². The van der Waals surface area contributed by atoms with Gasteiger partial charge in [0.15, 0.2) is 0 Å². The first-order valence-electron chi connectivity index (χ1n) is 9.80. The van der Waals surface area contributed by atoms with E-state index in [1.165, 1.54) is 12.1 Å². The molecule has 0 aromatic heterocycles. The van der Waals surface area contributed by atoms with Crippen LogP contribution in [0.4, 0.5) is 14.5 Å². The average Bonchev–Trinajstić information content (AvgIpc) is 2.78. The Bertz CT molecular complexity index is 1040. The second kappa shape index (κ2) is 11.4. The molecule has 0 atom stereocenters. The van der Waals surface area contributed by atoms with E-state index in [0.717, 1.165) is 22.4 Å². The van der Waals surface area contributed by atoms with Gasteiger partial charge in [0.1, 0.15) is 5.75 Å². The predicted molar refractivity (Wildman–Crippen MR) is 117 cm³/mol. The van der Waals surface area contributed by atoms with Crippen molar-refractivity contribution in [1.82, 2.24) is 5.32 Å². The molecule has 1 amide bonds. The second-order valence-electron chi connectivity index (χ2n) is 6.67. The summed E-state index contributed by atoms with van der Waals surface area (Å²) in [5, 5.41) is 5.92. The Hall–Kier alpha value is -3.85. The highest BCUT2D eigenvalue weighted by molar-refractivity contribution is 5.80. The lowest BCUT2D eigenvalue weighted by Crippen LogP contribution is -2.31. The molecule has 158 valence electrons. The van der Waals surface area contributed by atoms with Crippen LogP contribution in [-0.2, 0) is 11.2 Å². The first-order valence-corrected chi connectivity index (χ1v) is 9.80. The Morgan fingerprint density at radius 3 is 2.35 bits per heavy atom. The zero-order valence-electron chi connectivity index (χ0n) is 16.8. The molecule has 0 aliphatic heterocycles. The summed E-state index contributed by atoms with van der Waals surface area (Å²) in [5.41, 5.74) is 3.52. The molecule has 3 rings (SSSR count). The molecular weight excluding hydrogens is 398 g/mol. The van der Waals surface area contributed by atoms with E-state index in [1.807, 2.05) is 54.6 Å². The largest absolute Gasteiger partial charge is 0.435 e. The van der Waals surface area contributed by atoms with E-state index in [1.54, 1.807) is 12.1 Å². The number of carbonyl (C=O) groups is 1. The highest BCUT2D eigenvalue weighted by atomic mass is 19.3. The number of nitrogens with one attached hydrogen (secondary N) is 2. The standard InChI is InChI=1S/C25H22F2N2O2/c26-25(27)31-23-13-11-20(12-14-23)15-16-28-24(30)18-29-22-8-4-7-21(17-22)10-9-19-5-2-1-3-6-19/h1-8,11-14,17,25,29H,15-16,18H2,(H,28,30). The Balaban J connectivity index is 1.42. The smallest absolute Gasteiger partial charge is 0.387 e. The third-order valence-electron chi connectivity index (χ3n) is 4.32. The molecule has 0 bridgehead atoms. The van der Waals surface area contributed by atoms with E-state index in [9.17, 15) is 13.6 Å². The van der Waals surface area contributed by atoms with Crippen molar-refractivity contribution < 1.29 is 18.3 Å². The maximum atomic E-state index is 12.2. The van der Waals surface area contributed by atoms with Crippen LogP contribution in [0.15, 0.2) is 78.9 Å². The number of hydrogen-bond donors (Lipinski definition) is 2. The van der Waals surface area contributed by atoms with E-state index >= 15 is 0 Å². The molecule has 0 spiro atoms. The number of amides is 1. The summed E-state index contributed by atoms with van der Waals surface area (Å²) in [6.45, 7) is -2.26. The summed E-state index contributed by atoms with van der Waals surface area (Å²) in [6, 6.07) is 23.7. The van der Waals surface area contributed by atoms with E-state index in [2.05, 4.69) is 27.2 Å². The summed E-state index contributed by atoms with van der Waals surface area (Å²) < 4.78 is 28.6. The molecule has 3 aromatic rings. The third-order valence-corrected chi connectivity index (χ3v) is 4.32. The monoisotopic (exact) mass is 420 g/mol. The molecule has 0 fully saturated rings. The first kappa shape index (κ1) is 21.8. The van der Waals surface area contributed by atoms with Gasteiger partial charge in [-0.05, 0) is 54.4 Å². The molecule has 0 saturated heterocycles. The molecule has 4 nitrogen and oxygen atoms in total. The van der Waals surface area contributed by atoms with Crippen molar-refractivity contribution in [3.8, 4) is 17.6 Å². The summed E-state index contributed by atoms with van der Waals surface area (Å²) in [4.78, 5) is 12.1. The van der Waals surface area contributed by atoms with Crippen molar-refractivity contribution in [1.29, 1.82) is 0 Å². The van der Waals surface area contributed by atoms with Gasteiger partial charge in [0, 0.05) is 23.4 Å². The zero-order chi connectivity index (χ0) is 21.9. The summed E-state index contributed by atoms with van der Waals surface area (Å²) in [5.74, 6) is 6.19. The van der Waals surface area contributed by atoms with Gasteiger partial charge in [-0.1, -0.05) is 48.2 Å². The number of halogens is 2. The molecule has 0 saturated carbocycles. The van der Waals surface area contributed by atoms with Crippen molar-refractivity contribution in [2.45, 2.75) is 13.0 Å². The molecule has 0 radical (unpaired) electrons. The molecule has 31 heavy (non-hydrogen) atoms. The van der Waals surface area contributed by atoms with Gasteiger partial charge in [0.05, 0.1) is 6.54 Å². The number of hydrogen-bond acceptors (Lipinski definition) is 3. The molecule has 6 heteroatoms. The van der Waals surface area contributed by atoms with Crippen LogP contribution in [0.25, 0.3) is 0 Å². The predicted octanol–water partition coefficient (Wildman–Crippen LogP) is 4.46. The van der Waals surface area contributed by atoms with Crippen molar-refractivity contribution in [2.75, 3.05) is 18.4 Å². The highest BCUT2D eigenvalue weighted by Crippen LogP contribution is 2.15. The Kier molecular flexibility index (Phi) is 8.01. The molecule has 0 heterocycles. The van der Waals surface area contributed by atoms with Gasteiger partial charge in [-0.2, -0.15) is 8.78 Å². The molecule has 0 aliphatic rings. The minimum absolute atomic E-state index is 0.114. The lowest BCUT2D eigenvalue weighted by atomic mass is 10.1. The van der Waals surface area contributed by atoms with Crippen LogP contribution in [0.1, 0.15) is 16.7 Å². The van der Waals surface area contributed by atoms with E-state index < -0.39 is 6.61 Å². The quantitative estimate of drug-likeness (QED) is 0.529. The molecule has 0 aliphatic carbocycles. The van der Waals surface area contributed by atoms with Crippen LogP contribution in [0.5, 0.6) is 5.75 Å². The number of carbonyl (C=O) groups excluding carboxylic acids is 1. The first-order chi connectivity index (χ1) is 15.1. The number of rotatable bonds is 8. The minimum atomic E-state index is -2.84. The van der Waals surface area contributed by atoms with Gasteiger partial charge in [-0.15, -0.1) is 0 Å². The van der Waals surface area contributed by atoms with Crippen LogP contribution < -0.4 is 15.4 Å². The fourth-order valence-electron chi connectivity index (χ4n) is 2.80. The number of ether oxygens (including phenoxy) is 1. The van der Waals surface area contributed by atoms with Crippen LogP contribution in [0, 0.1) is 11.8 Å². The second-order valence-corrected chi connectivity index (χ2v) is 6.67. The molecule has 2 N–H and O–H groups in total. The van der Waals surface area contributed by atoms with Crippen molar-refractivity contribution in [3.63, 3.8) is 0 Å². The highest BCUT2D eigenvalue weighted by Gasteiger charge is 2.05. The topological polar surface area (TPSA) is 50.4 Å². The zero-order valence-corrected chi connectivity index (χ0v) is 16.8. The van der Waals surface area contributed by atoms with Gasteiger partial charge in [0.2, 0.25) is 5.91 Å². The molecule has 0 unspecified atom stereocenters. The number of anilines is 1.